The molecule has 2 aliphatic carbocycles. The average Bonchev–Trinajstić information content (AvgIpc) is 3.04. The van der Waals surface area contributed by atoms with Gasteiger partial charge in [0.2, 0.25) is 0 Å². The van der Waals surface area contributed by atoms with Gasteiger partial charge < -0.3 is 30.3 Å². The topological polar surface area (TPSA) is 58.9 Å². The van der Waals surface area contributed by atoms with E-state index >= 15 is 0 Å². The zero-order valence-corrected chi connectivity index (χ0v) is 10.1. The van der Waals surface area contributed by atoms with Gasteiger partial charge in [0.05, 0.1) is 0 Å². The zero-order chi connectivity index (χ0) is 11.4. The number of nitrogens with zero attached hydrogens (tertiary/aromatic N) is 2. The van der Waals surface area contributed by atoms with Crippen LogP contribution in [0.2, 0.25) is 0 Å². The maximum atomic E-state index is 10.3. The summed E-state index contributed by atoms with van der Waals surface area (Å²) in [5.74, 6) is 0.723. The second kappa shape index (κ2) is 6.71. The first-order chi connectivity index (χ1) is 7.86. The van der Waals surface area contributed by atoms with E-state index in [1.165, 1.54) is 0 Å². The maximum Gasteiger partial charge on any atom is 0.121 e. The van der Waals surface area contributed by atoms with E-state index in [0.29, 0.717) is 11.8 Å². The van der Waals surface area contributed by atoms with Gasteiger partial charge in [0.15, 0.2) is 0 Å². The van der Waals surface area contributed by atoms with Gasteiger partial charge in [0.25, 0.3) is 0 Å². The zero-order valence-electron chi connectivity index (χ0n) is 9.05. The minimum absolute atomic E-state index is 0. The molecule has 0 saturated heterocycles. The summed E-state index contributed by atoms with van der Waals surface area (Å²) in [6.07, 6.45) is 3.12. The fraction of sp³-hybridized carbons (Fsp3) is 0.583. The van der Waals surface area contributed by atoms with E-state index in [2.05, 4.69) is 34.6 Å². The van der Waals surface area contributed by atoms with Crippen molar-refractivity contribution in [3.05, 3.63) is 40.1 Å². The monoisotopic (exact) mass is 274 g/mol. The molecule has 2 aliphatic rings. The van der Waals surface area contributed by atoms with E-state index in [-0.39, 0.29) is 28.9 Å². The molecule has 2 saturated carbocycles. The third-order valence-electron chi connectivity index (χ3n) is 3.42. The molecule has 0 heterocycles. The molecule has 17 heavy (non-hydrogen) atoms. The molecule has 1 radical (unpaired) electrons. The molecule has 0 N–H and O–H groups in total. The van der Waals surface area contributed by atoms with Crippen LogP contribution in [0.4, 0.5) is 0 Å². The van der Waals surface area contributed by atoms with E-state index in [4.69, 9.17) is 0 Å². The molecule has 0 aromatic heterocycles. The fourth-order valence-corrected chi connectivity index (χ4v) is 2.71. The Labute approximate surface area is 111 Å². The van der Waals surface area contributed by atoms with Crippen LogP contribution >= 0.6 is 0 Å². The Balaban J connectivity index is 0.000000205. The van der Waals surface area contributed by atoms with Gasteiger partial charge in [-0.25, -0.2) is 0 Å². The summed E-state index contributed by atoms with van der Waals surface area (Å²) in [7, 11) is 0. The summed E-state index contributed by atoms with van der Waals surface area (Å²) in [6, 6.07) is 11.4. The van der Waals surface area contributed by atoms with Gasteiger partial charge in [0, 0.05) is 16.8 Å². The first-order valence-electron chi connectivity index (χ1n) is 5.34. The first-order valence-corrected chi connectivity index (χ1v) is 5.34. The summed E-state index contributed by atoms with van der Waals surface area (Å²) in [5.41, 5.74) is 0. The Hall–Kier alpha value is -0.944. The predicted octanol–water partition coefficient (Wildman–Crippen LogP) is 2.29. The van der Waals surface area contributed by atoms with Gasteiger partial charge in [-0.2, -0.15) is 9.81 Å². The van der Waals surface area contributed by atoms with Crippen LogP contribution in [-0.4, -0.2) is 12.1 Å². The molecular formula is C12H11CoN2O2-5. The van der Waals surface area contributed by atoms with Crippen LogP contribution in [0.15, 0.2) is 16.4 Å². The minimum atomic E-state index is -0.300. The Kier molecular flexibility index (Phi) is 5.57. The molecule has 0 spiro atoms. The van der Waals surface area contributed by atoms with Gasteiger partial charge >= 0.3 is 0 Å². The van der Waals surface area contributed by atoms with Crippen molar-refractivity contribution in [1.29, 1.82) is 0 Å². The first kappa shape index (κ1) is 14.1. The maximum absolute atomic E-state index is 10.3. The predicted molar refractivity (Wildman–Crippen MR) is 57.4 cm³/mol. The summed E-state index contributed by atoms with van der Waals surface area (Å²) >= 11 is 0. The van der Waals surface area contributed by atoms with Crippen LogP contribution in [0.5, 0.6) is 0 Å². The van der Waals surface area contributed by atoms with E-state index in [1.54, 1.807) is 6.07 Å². The second-order valence-corrected chi connectivity index (χ2v) is 4.21. The third kappa shape index (κ3) is 3.04. The molecule has 0 aliphatic heterocycles. The van der Waals surface area contributed by atoms with Gasteiger partial charge in [-0.1, -0.05) is 10.4 Å². The standard InChI is InChI=1S/C7H10N2O2.C5H.Co/c10-8-6-4-1-2-5(3-4)7(6)9-11;1-2-4-5-3-1;/h4-7H,1-3H2;1H;/q;-5;. The van der Waals surface area contributed by atoms with Crippen molar-refractivity contribution in [3.63, 3.8) is 0 Å². The average molecular weight is 274 g/mol. The normalized spacial score (nSPS) is 33.2. The van der Waals surface area contributed by atoms with Gasteiger partial charge in [0.1, 0.15) is 12.1 Å². The van der Waals surface area contributed by atoms with Crippen LogP contribution in [0, 0.1) is 45.9 Å². The van der Waals surface area contributed by atoms with Gasteiger partial charge in [-0.3, -0.25) is 0 Å². The Morgan fingerprint density at radius 3 is 1.71 bits per heavy atom. The van der Waals surface area contributed by atoms with Crippen molar-refractivity contribution < 1.29 is 16.8 Å². The summed E-state index contributed by atoms with van der Waals surface area (Å²) < 4.78 is 0. The van der Waals surface area contributed by atoms with Crippen molar-refractivity contribution in [2.75, 3.05) is 0 Å². The summed E-state index contributed by atoms with van der Waals surface area (Å²) in [4.78, 5) is 20.6. The fourth-order valence-electron chi connectivity index (χ4n) is 2.71. The molecule has 0 amide bonds. The van der Waals surface area contributed by atoms with E-state index < -0.39 is 0 Å². The minimum Gasteiger partial charge on any atom is -0.999 e. The van der Waals surface area contributed by atoms with E-state index in [9.17, 15) is 9.81 Å². The van der Waals surface area contributed by atoms with Crippen molar-refractivity contribution in [2.45, 2.75) is 31.3 Å². The number of rotatable bonds is 2. The van der Waals surface area contributed by atoms with Gasteiger partial charge in [-0.05, 0) is 31.1 Å². The number of hydrogen-bond acceptors (Lipinski definition) is 4. The second-order valence-electron chi connectivity index (χ2n) is 4.21. The Bertz CT molecular complexity index is 305. The smallest absolute Gasteiger partial charge is 0.121 e. The van der Waals surface area contributed by atoms with E-state index in [1.807, 2.05) is 0 Å². The van der Waals surface area contributed by atoms with Crippen molar-refractivity contribution in [1.82, 2.24) is 0 Å². The van der Waals surface area contributed by atoms with E-state index in [0.717, 1.165) is 19.3 Å². The van der Waals surface area contributed by atoms with Crippen LogP contribution in [0.1, 0.15) is 19.3 Å². The molecular weight excluding hydrogens is 263 g/mol. The molecule has 4 atom stereocenters. The summed E-state index contributed by atoms with van der Waals surface area (Å²) in [5, 5.41) is 5.96. The molecule has 5 heteroatoms. The number of hydrogen-bond donors (Lipinski definition) is 0. The van der Waals surface area contributed by atoms with Crippen LogP contribution < -0.4 is 0 Å². The van der Waals surface area contributed by atoms with Crippen molar-refractivity contribution in [2.24, 2.45) is 22.2 Å². The van der Waals surface area contributed by atoms with Gasteiger partial charge in [-0.15, -0.1) is 0 Å². The molecule has 4 nitrogen and oxygen atoms in total. The molecule has 3 rings (SSSR count). The van der Waals surface area contributed by atoms with Crippen LogP contribution in [0.3, 0.4) is 0 Å². The Morgan fingerprint density at radius 2 is 1.41 bits per heavy atom. The number of fused-ring (bicyclic) bond motifs is 2. The molecule has 2 bridgehead atoms. The largest absolute Gasteiger partial charge is 0.999 e. The molecule has 2 fully saturated rings. The molecule has 1 aromatic rings. The third-order valence-corrected chi connectivity index (χ3v) is 3.42. The Morgan fingerprint density at radius 1 is 0.941 bits per heavy atom. The van der Waals surface area contributed by atoms with Crippen LogP contribution in [0.25, 0.3) is 0 Å². The number of nitroso groups, excluding NO2 is 2. The summed E-state index contributed by atoms with van der Waals surface area (Å²) in [6.45, 7) is 0. The van der Waals surface area contributed by atoms with Crippen LogP contribution in [-0.2, 0) is 16.8 Å². The van der Waals surface area contributed by atoms with Crippen molar-refractivity contribution in [3.8, 4) is 0 Å². The molecule has 1 aromatic carbocycles. The van der Waals surface area contributed by atoms with Crippen molar-refractivity contribution >= 4 is 0 Å². The quantitative estimate of drug-likeness (QED) is 0.613. The SMILES string of the molecule is O=NC1C2CCC(C2)C1N=O.[Co].[c-]1[c-][c-][cH-][c-]1. The molecule has 95 valence electrons. The molecule has 4 unspecified atom stereocenters.